The standard InChI is InChI=1S/C11H24N2O/c1-8(12-6)10(14)13(7)9(2)11(3,4)5/h8-9,12H,1-7H3. The van der Waals surface area contributed by atoms with Crippen molar-refractivity contribution in [1.29, 1.82) is 0 Å². The Morgan fingerprint density at radius 1 is 1.29 bits per heavy atom. The van der Waals surface area contributed by atoms with Crippen molar-refractivity contribution in [3.05, 3.63) is 0 Å². The van der Waals surface area contributed by atoms with Crippen LogP contribution in [0.3, 0.4) is 0 Å². The molecule has 0 saturated carbocycles. The number of hydrogen-bond donors (Lipinski definition) is 1. The molecule has 14 heavy (non-hydrogen) atoms. The first-order valence-corrected chi connectivity index (χ1v) is 5.15. The predicted molar refractivity (Wildman–Crippen MR) is 60.2 cm³/mol. The Morgan fingerprint density at radius 2 is 1.71 bits per heavy atom. The van der Waals surface area contributed by atoms with E-state index in [-0.39, 0.29) is 23.4 Å². The van der Waals surface area contributed by atoms with Crippen LogP contribution in [0.25, 0.3) is 0 Å². The second kappa shape index (κ2) is 4.78. The van der Waals surface area contributed by atoms with E-state index in [9.17, 15) is 4.79 Å². The highest BCUT2D eigenvalue weighted by molar-refractivity contribution is 5.81. The molecule has 2 unspecified atom stereocenters. The van der Waals surface area contributed by atoms with Gasteiger partial charge in [-0.2, -0.15) is 0 Å². The third kappa shape index (κ3) is 3.29. The average Bonchev–Trinajstić information content (AvgIpc) is 2.11. The summed E-state index contributed by atoms with van der Waals surface area (Å²) in [6.45, 7) is 10.4. The van der Waals surface area contributed by atoms with Gasteiger partial charge in [-0.15, -0.1) is 0 Å². The normalized spacial score (nSPS) is 16.2. The van der Waals surface area contributed by atoms with Crippen molar-refractivity contribution in [1.82, 2.24) is 10.2 Å². The molecule has 3 heteroatoms. The van der Waals surface area contributed by atoms with E-state index in [1.807, 2.05) is 18.9 Å². The van der Waals surface area contributed by atoms with E-state index in [2.05, 4.69) is 33.0 Å². The lowest BCUT2D eigenvalue weighted by Crippen LogP contribution is -2.49. The maximum atomic E-state index is 11.8. The molecule has 0 spiro atoms. The minimum atomic E-state index is -0.107. The highest BCUT2D eigenvalue weighted by Gasteiger charge is 2.28. The maximum absolute atomic E-state index is 11.8. The lowest BCUT2D eigenvalue weighted by molar-refractivity contribution is -0.135. The molecule has 0 bridgehead atoms. The van der Waals surface area contributed by atoms with Crippen molar-refractivity contribution >= 4 is 5.91 Å². The molecule has 0 aliphatic heterocycles. The Morgan fingerprint density at radius 3 is 2.00 bits per heavy atom. The van der Waals surface area contributed by atoms with E-state index in [0.717, 1.165) is 0 Å². The molecule has 0 aliphatic rings. The largest absolute Gasteiger partial charge is 0.341 e. The molecule has 84 valence electrons. The van der Waals surface area contributed by atoms with Crippen LogP contribution in [0.15, 0.2) is 0 Å². The van der Waals surface area contributed by atoms with Crippen molar-refractivity contribution in [3.8, 4) is 0 Å². The molecule has 0 aromatic carbocycles. The number of carbonyl (C=O) groups excluding carboxylic acids is 1. The molecule has 0 aromatic heterocycles. The fourth-order valence-corrected chi connectivity index (χ4v) is 1.20. The number of hydrogen-bond acceptors (Lipinski definition) is 2. The van der Waals surface area contributed by atoms with Gasteiger partial charge in [-0.25, -0.2) is 0 Å². The molecule has 0 rings (SSSR count). The monoisotopic (exact) mass is 200 g/mol. The second-order valence-corrected chi connectivity index (χ2v) is 5.00. The Bertz CT molecular complexity index is 196. The van der Waals surface area contributed by atoms with Gasteiger partial charge in [0, 0.05) is 13.1 Å². The number of amides is 1. The summed E-state index contributed by atoms with van der Waals surface area (Å²) >= 11 is 0. The fraction of sp³-hybridized carbons (Fsp3) is 0.909. The Kier molecular flexibility index (Phi) is 4.59. The summed E-state index contributed by atoms with van der Waals surface area (Å²) in [5, 5.41) is 2.96. The summed E-state index contributed by atoms with van der Waals surface area (Å²) in [5.41, 5.74) is 0.123. The topological polar surface area (TPSA) is 32.3 Å². The smallest absolute Gasteiger partial charge is 0.239 e. The number of likely N-dealkylation sites (N-methyl/N-ethyl adjacent to an activating group) is 2. The number of nitrogens with one attached hydrogen (secondary N) is 1. The summed E-state index contributed by atoms with van der Waals surface area (Å²) in [7, 11) is 3.67. The summed E-state index contributed by atoms with van der Waals surface area (Å²) in [6.07, 6.45) is 0. The molecule has 0 aromatic rings. The Hall–Kier alpha value is -0.570. The van der Waals surface area contributed by atoms with Gasteiger partial charge in [0.2, 0.25) is 5.91 Å². The van der Waals surface area contributed by atoms with Gasteiger partial charge in [0.25, 0.3) is 0 Å². The highest BCUT2D eigenvalue weighted by atomic mass is 16.2. The van der Waals surface area contributed by atoms with Crippen LogP contribution in [0, 0.1) is 5.41 Å². The summed E-state index contributed by atoms with van der Waals surface area (Å²) < 4.78 is 0. The zero-order valence-electron chi connectivity index (χ0n) is 10.5. The van der Waals surface area contributed by atoms with Crippen LogP contribution in [0.4, 0.5) is 0 Å². The van der Waals surface area contributed by atoms with Crippen LogP contribution in [0.1, 0.15) is 34.6 Å². The van der Waals surface area contributed by atoms with Crippen LogP contribution in [-0.4, -0.2) is 37.0 Å². The van der Waals surface area contributed by atoms with Gasteiger partial charge in [0.15, 0.2) is 0 Å². The minimum Gasteiger partial charge on any atom is -0.341 e. The quantitative estimate of drug-likeness (QED) is 0.748. The fourth-order valence-electron chi connectivity index (χ4n) is 1.20. The highest BCUT2D eigenvalue weighted by Crippen LogP contribution is 2.23. The molecule has 2 atom stereocenters. The lowest BCUT2D eigenvalue weighted by Gasteiger charge is -2.36. The first-order chi connectivity index (χ1) is 6.21. The van der Waals surface area contributed by atoms with Crippen LogP contribution in [0.2, 0.25) is 0 Å². The van der Waals surface area contributed by atoms with Gasteiger partial charge in [0.1, 0.15) is 0 Å². The molecule has 0 saturated heterocycles. The first kappa shape index (κ1) is 13.4. The molecular weight excluding hydrogens is 176 g/mol. The van der Waals surface area contributed by atoms with Crippen LogP contribution < -0.4 is 5.32 Å². The summed E-state index contributed by atoms with van der Waals surface area (Å²) in [6, 6.07) is 0.135. The minimum absolute atomic E-state index is 0.107. The maximum Gasteiger partial charge on any atom is 0.239 e. The van der Waals surface area contributed by atoms with Gasteiger partial charge >= 0.3 is 0 Å². The van der Waals surface area contributed by atoms with Gasteiger partial charge < -0.3 is 10.2 Å². The van der Waals surface area contributed by atoms with Crippen LogP contribution in [-0.2, 0) is 4.79 Å². The molecule has 3 nitrogen and oxygen atoms in total. The first-order valence-electron chi connectivity index (χ1n) is 5.15. The van der Waals surface area contributed by atoms with Gasteiger partial charge in [0.05, 0.1) is 6.04 Å². The summed E-state index contributed by atoms with van der Waals surface area (Å²) in [5.74, 6) is 0.148. The van der Waals surface area contributed by atoms with E-state index < -0.39 is 0 Å². The number of carbonyl (C=O) groups is 1. The third-order valence-corrected chi connectivity index (χ3v) is 2.99. The Balaban J connectivity index is 4.47. The lowest BCUT2D eigenvalue weighted by atomic mass is 9.87. The molecular formula is C11H24N2O. The zero-order chi connectivity index (χ0) is 11.5. The molecule has 1 amide bonds. The van der Waals surface area contributed by atoms with Crippen molar-refractivity contribution in [2.24, 2.45) is 5.41 Å². The SMILES string of the molecule is CNC(C)C(=O)N(C)C(C)C(C)(C)C. The predicted octanol–water partition coefficient (Wildman–Crippen LogP) is 1.49. The van der Waals surface area contributed by atoms with Crippen LogP contribution >= 0.6 is 0 Å². The summed E-state index contributed by atoms with van der Waals surface area (Å²) in [4.78, 5) is 13.6. The van der Waals surface area contributed by atoms with E-state index in [4.69, 9.17) is 0 Å². The van der Waals surface area contributed by atoms with Crippen molar-refractivity contribution < 1.29 is 4.79 Å². The van der Waals surface area contributed by atoms with Crippen LogP contribution in [0.5, 0.6) is 0 Å². The average molecular weight is 200 g/mol. The van der Waals surface area contributed by atoms with E-state index >= 15 is 0 Å². The molecule has 0 fully saturated rings. The number of rotatable bonds is 3. The zero-order valence-corrected chi connectivity index (χ0v) is 10.5. The van der Waals surface area contributed by atoms with Crippen molar-refractivity contribution in [2.45, 2.75) is 46.7 Å². The Labute approximate surface area is 87.9 Å². The van der Waals surface area contributed by atoms with Gasteiger partial charge in [-0.1, -0.05) is 20.8 Å². The molecule has 0 radical (unpaired) electrons. The number of nitrogens with zero attached hydrogens (tertiary/aromatic N) is 1. The van der Waals surface area contributed by atoms with E-state index in [1.165, 1.54) is 0 Å². The molecule has 1 N–H and O–H groups in total. The molecule has 0 aliphatic carbocycles. The van der Waals surface area contributed by atoms with E-state index in [1.54, 1.807) is 7.05 Å². The van der Waals surface area contributed by atoms with Gasteiger partial charge in [-0.3, -0.25) is 4.79 Å². The van der Waals surface area contributed by atoms with Crippen molar-refractivity contribution in [2.75, 3.05) is 14.1 Å². The second-order valence-electron chi connectivity index (χ2n) is 5.00. The third-order valence-electron chi connectivity index (χ3n) is 2.99. The van der Waals surface area contributed by atoms with Crippen molar-refractivity contribution in [3.63, 3.8) is 0 Å². The molecule has 0 heterocycles. The van der Waals surface area contributed by atoms with E-state index in [0.29, 0.717) is 0 Å². The van der Waals surface area contributed by atoms with Gasteiger partial charge in [-0.05, 0) is 26.3 Å².